The second-order valence-electron chi connectivity index (χ2n) is 10.6. The Balaban J connectivity index is 1.62. The van der Waals surface area contributed by atoms with Gasteiger partial charge >= 0.3 is 6.18 Å². The Hall–Kier alpha value is -3.21. The molecule has 0 unspecified atom stereocenters. The second kappa shape index (κ2) is 9.02. The molecule has 0 aliphatic carbocycles. The number of halogens is 4. The minimum Gasteiger partial charge on any atom is -0.365 e. The summed E-state index contributed by atoms with van der Waals surface area (Å²) in [5.74, 6) is -0.634. The number of piperidine rings is 1. The fraction of sp³-hybridized carbons (Fsp3) is 0.480. The predicted molar refractivity (Wildman–Crippen MR) is 131 cm³/mol. The molecule has 3 heterocycles. The van der Waals surface area contributed by atoms with E-state index in [1.165, 1.54) is 10.9 Å². The van der Waals surface area contributed by atoms with E-state index in [4.69, 9.17) is 0 Å². The van der Waals surface area contributed by atoms with Crippen molar-refractivity contribution < 1.29 is 17.6 Å². The zero-order chi connectivity index (χ0) is 26.5. The summed E-state index contributed by atoms with van der Waals surface area (Å²) in [6.07, 6.45) is 1.10. The van der Waals surface area contributed by atoms with Gasteiger partial charge in [-0.3, -0.25) is 9.58 Å². The van der Waals surface area contributed by atoms with Gasteiger partial charge in [-0.25, -0.2) is 9.37 Å². The van der Waals surface area contributed by atoms with Crippen LogP contribution in [0.15, 0.2) is 36.8 Å². The topological polar surface area (TPSA) is 70.9 Å². The van der Waals surface area contributed by atoms with Gasteiger partial charge in [0.05, 0.1) is 18.0 Å². The molecule has 0 bridgehead atoms. The van der Waals surface area contributed by atoms with Crippen LogP contribution in [0.25, 0.3) is 11.1 Å². The van der Waals surface area contributed by atoms with E-state index in [1.807, 2.05) is 0 Å². The molecule has 0 spiro atoms. The first-order chi connectivity index (χ1) is 16.6. The Labute approximate surface area is 207 Å². The van der Waals surface area contributed by atoms with Crippen LogP contribution in [-0.4, -0.2) is 48.8 Å². The van der Waals surface area contributed by atoms with Crippen LogP contribution in [0.5, 0.6) is 0 Å². The number of alkyl halides is 3. The highest BCUT2D eigenvalue weighted by atomic mass is 19.4. The Morgan fingerprint density at radius 1 is 0.972 bits per heavy atom. The molecule has 0 saturated carbocycles. The molecule has 1 saturated heterocycles. The highest BCUT2D eigenvalue weighted by Gasteiger charge is 2.43. The number of hydrogen-bond acceptors (Lipinski definition) is 6. The average molecular weight is 506 g/mol. The van der Waals surface area contributed by atoms with Crippen molar-refractivity contribution in [2.75, 3.05) is 17.7 Å². The van der Waals surface area contributed by atoms with Gasteiger partial charge in [-0.2, -0.15) is 23.3 Å². The first kappa shape index (κ1) is 25.9. The minimum absolute atomic E-state index is 0.00751. The fourth-order valence-corrected chi connectivity index (χ4v) is 4.92. The summed E-state index contributed by atoms with van der Waals surface area (Å²) in [6, 6.07) is 3.54. The highest BCUT2D eigenvalue weighted by Crippen LogP contribution is 2.38. The summed E-state index contributed by atoms with van der Waals surface area (Å²) in [5, 5.41) is 10.1. The molecule has 1 aromatic carbocycles. The smallest absolute Gasteiger partial charge is 0.365 e. The van der Waals surface area contributed by atoms with E-state index < -0.39 is 17.6 Å². The first-order valence-electron chi connectivity index (χ1n) is 11.7. The van der Waals surface area contributed by atoms with Gasteiger partial charge in [0.2, 0.25) is 5.95 Å². The maximum Gasteiger partial charge on any atom is 0.416 e. The predicted octanol–water partition coefficient (Wildman–Crippen LogP) is 5.84. The normalized spacial score (nSPS) is 18.3. The van der Waals surface area contributed by atoms with E-state index in [2.05, 4.69) is 65.3 Å². The molecule has 4 rings (SSSR count). The molecule has 0 amide bonds. The van der Waals surface area contributed by atoms with Gasteiger partial charge in [-0.1, -0.05) is 0 Å². The van der Waals surface area contributed by atoms with Crippen molar-refractivity contribution in [3.05, 3.63) is 48.2 Å². The summed E-state index contributed by atoms with van der Waals surface area (Å²) in [6.45, 7) is 8.55. The SMILES string of the molecule is CN1C(C)(C)CC(Nc2nc(Nc3cc(-c4cnn(C)c4)cc(C(F)(F)F)c3)ncc2F)CC1(C)C. The quantitative estimate of drug-likeness (QED) is 0.425. The summed E-state index contributed by atoms with van der Waals surface area (Å²) < 4.78 is 56.9. The van der Waals surface area contributed by atoms with Gasteiger partial charge < -0.3 is 10.6 Å². The monoisotopic (exact) mass is 505 g/mol. The zero-order valence-corrected chi connectivity index (χ0v) is 21.2. The van der Waals surface area contributed by atoms with Crippen LogP contribution in [0.4, 0.5) is 35.0 Å². The maximum absolute atomic E-state index is 14.6. The van der Waals surface area contributed by atoms with Crippen molar-refractivity contribution in [1.29, 1.82) is 0 Å². The van der Waals surface area contributed by atoms with Gasteiger partial charge in [-0.15, -0.1) is 0 Å². The summed E-state index contributed by atoms with van der Waals surface area (Å²) in [5.41, 5.74) is -0.0845. The number of aryl methyl sites for hydroxylation is 1. The largest absolute Gasteiger partial charge is 0.416 e. The van der Waals surface area contributed by atoms with Crippen LogP contribution >= 0.6 is 0 Å². The Bertz CT molecular complexity index is 1230. The molecule has 3 aromatic rings. The summed E-state index contributed by atoms with van der Waals surface area (Å²) in [4.78, 5) is 10.5. The van der Waals surface area contributed by atoms with E-state index in [-0.39, 0.29) is 34.6 Å². The highest BCUT2D eigenvalue weighted by molar-refractivity contribution is 5.70. The third kappa shape index (κ3) is 5.45. The molecule has 7 nitrogen and oxygen atoms in total. The van der Waals surface area contributed by atoms with Crippen LogP contribution in [0.1, 0.15) is 46.1 Å². The van der Waals surface area contributed by atoms with Crippen LogP contribution in [0.3, 0.4) is 0 Å². The lowest BCUT2D eigenvalue weighted by atomic mass is 9.77. The van der Waals surface area contributed by atoms with E-state index in [1.54, 1.807) is 19.3 Å². The van der Waals surface area contributed by atoms with E-state index in [0.717, 1.165) is 31.2 Å². The molecule has 1 aliphatic heterocycles. The van der Waals surface area contributed by atoms with Crippen molar-refractivity contribution in [3.8, 4) is 11.1 Å². The second-order valence-corrected chi connectivity index (χ2v) is 10.6. The van der Waals surface area contributed by atoms with Crippen molar-refractivity contribution in [2.24, 2.45) is 7.05 Å². The fourth-order valence-electron chi connectivity index (χ4n) is 4.92. The number of hydrogen-bond donors (Lipinski definition) is 2. The maximum atomic E-state index is 14.6. The average Bonchev–Trinajstić information content (AvgIpc) is 3.19. The molecule has 0 atom stereocenters. The van der Waals surface area contributed by atoms with E-state index in [9.17, 15) is 17.6 Å². The first-order valence-corrected chi connectivity index (χ1v) is 11.7. The van der Waals surface area contributed by atoms with Crippen LogP contribution in [0, 0.1) is 5.82 Å². The lowest BCUT2D eigenvalue weighted by molar-refractivity contribution is -0.137. The van der Waals surface area contributed by atoms with Gasteiger partial charge in [0.1, 0.15) is 0 Å². The van der Waals surface area contributed by atoms with Crippen molar-refractivity contribution in [1.82, 2.24) is 24.6 Å². The number of rotatable bonds is 5. The van der Waals surface area contributed by atoms with E-state index >= 15 is 0 Å². The Morgan fingerprint density at radius 2 is 1.64 bits per heavy atom. The van der Waals surface area contributed by atoms with Crippen LogP contribution in [0.2, 0.25) is 0 Å². The Kier molecular flexibility index (Phi) is 6.48. The molecule has 11 heteroatoms. The third-order valence-corrected chi connectivity index (χ3v) is 6.95. The number of aromatic nitrogens is 4. The van der Waals surface area contributed by atoms with Crippen molar-refractivity contribution in [3.63, 3.8) is 0 Å². The number of benzene rings is 1. The van der Waals surface area contributed by atoms with Crippen molar-refractivity contribution in [2.45, 2.75) is 63.8 Å². The number of anilines is 3. The zero-order valence-electron chi connectivity index (χ0n) is 21.2. The molecular weight excluding hydrogens is 474 g/mol. The minimum atomic E-state index is -4.56. The van der Waals surface area contributed by atoms with Crippen LogP contribution < -0.4 is 10.6 Å². The summed E-state index contributed by atoms with van der Waals surface area (Å²) in [7, 11) is 3.77. The Morgan fingerprint density at radius 3 is 2.22 bits per heavy atom. The third-order valence-electron chi connectivity index (χ3n) is 6.95. The molecule has 0 radical (unpaired) electrons. The lowest BCUT2D eigenvalue weighted by Gasteiger charge is -2.53. The van der Waals surface area contributed by atoms with E-state index in [0.29, 0.717) is 11.1 Å². The van der Waals surface area contributed by atoms with Gasteiger partial charge in [0.15, 0.2) is 11.6 Å². The molecule has 2 N–H and O–H groups in total. The lowest BCUT2D eigenvalue weighted by Crippen LogP contribution is -2.61. The van der Waals surface area contributed by atoms with Gasteiger partial charge in [-0.05, 0) is 71.3 Å². The molecule has 36 heavy (non-hydrogen) atoms. The van der Waals surface area contributed by atoms with Gasteiger partial charge in [0, 0.05) is 41.6 Å². The number of nitrogens with zero attached hydrogens (tertiary/aromatic N) is 5. The standard InChI is InChI=1S/C25H31F4N7/c1-23(2)10-19(11-24(3,4)36(23)6)32-21-20(26)13-30-22(34-21)33-18-8-15(16-12-31-35(5)14-16)7-17(9-18)25(27,28)29/h7-9,12-14,19H,10-11H2,1-6H3,(H2,30,32,33,34). The molecular formula is C25H31F4N7. The number of likely N-dealkylation sites (tertiary alicyclic amines) is 1. The number of nitrogens with one attached hydrogen (secondary N) is 2. The van der Waals surface area contributed by atoms with Gasteiger partial charge in [0.25, 0.3) is 0 Å². The molecule has 1 fully saturated rings. The molecule has 194 valence electrons. The molecule has 1 aliphatic rings. The van der Waals surface area contributed by atoms with Crippen LogP contribution in [-0.2, 0) is 13.2 Å². The molecule has 2 aromatic heterocycles. The summed E-state index contributed by atoms with van der Waals surface area (Å²) >= 11 is 0. The van der Waals surface area contributed by atoms with Crippen molar-refractivity contribution >= 4 is 17.5 Å².